The minimum Gasteiger partial charge on any atom is -0.294 e. The summed E-state index contributed by atoms with van der Waals surface area (Å²) in [6, 6.07) is 1.92. The summed E-state index contributed by atoms with van der Waals surface area (Å²) in [7, 11) is 0. The van der Waals surface area contributed by atoms with Crippen molar-refractivity contribution >= 4 is 5.78 Å². The summed E-state index contributed by atoms with van der Waals surface area (Å²) in [6.07, 6.45) is 6.54. The maximum Gasteiger partial charge on any atom is 0.167 e. The number of nitrogens with zero attached hydrogens (tertiary/aromatic N) is 2. The van der Waals surface area contributed by atoms with Crippen LogP contribution < -0.4 is 0 Å². The van der Waals surface area contributed by atoms with E-state index in [0.29, 0.717) is 5.78 Å². The molecule has 104 valence electrons. The highest BCUT2D eigenvalue weighted by Gasteiger charge is 2.28. The van der Waals surface area contributed by atoms with Crippen molar-refractivity contribution in [1.29, 1.82) is 0 Å². The second kappa shape index (κ2) is 6.27. The SMILES string of the molecule is CCc1nnc(C)cc1C(=O)C1CCCC(CC)C1. The zero-order valence-corrected chi connectivity index (χ0v) is 12.3. The van der Waals surface area contributed by atoms with Gasteiger partial charge in [0.1, 0.15) is 0 Å². The second-order valence-electron chi connectivity index (χ2n) is 5.70. The molecule has 2 unspecified atom stereocenters. The van der Waals surface area contributed by atoms with E-state index < -0.39 is 0 Å². The molecule has 0 bridgehead atoms. The molecule has 1 aliphatic carbocycles. The first-order valence-electron chi connectivity index (χ1n) is 7.53. The quantitative estimate of drug-likeness (QED) is 0.774. The van der Waals surface area contributed by atoms with Gasteiger partial charge >= 0.3 is 0 Å². The van der Waals surface area contributed by atoms with Crippen molar-refractivity contribution in [3.8, 4) is 0 Å². The first-order valence-corrected chi connectivity index (χ1v) is 7.53. The van der Waals surface area contributed by atoms with Crippen LogP contribution in [0.2, 0.25) is 0 Å². The summed E-state index contributed by atoms with van der Waals surface area (Å²) in [6.45, 7) is 6.16. The molecule has 3 heteroatoms. The lowest BCUT2D eigenvalue weighted by molar-refractivity contribution is 0.0860. The molecule has 0 aromatic carbocycles. The van der Waals surface area contributed by atoms with Gasteiger partial charge in [0.05, 0.1) is 11.4 Å². The van der Waals surface area contributed by atoms with Crippen LogP contribution in [0.15, 0.2) is 6.07 Å². The van der Waals surface area contributed by atoms with Crippen LogP contribution in [0.4, 0.5) is 0 Å². The molecule has 0 aliphatic heterocycles. The highest BCUT2D eigenvalue weighted by molar-refractivity contribution is 5.98. The molecule has 3 nitrogen and oxygen atoms in total. The van der Waals surface area contributed by atoms with Crippen molar-refractivity contribution in [1.82, 2.24) is 10.2 Å². The predicted molar refractivity (Wildman–Crippen MR) is 76.2 cm³/mol. The number of carbonyl (C=O) groups is 1. The minimum atomic E-state index is 0.201. The smallest absolute Gasteiger partial charge is 0.167 e. The van der Waals surface area contributed by atoms with Gasteiger partial charge in [-0.1, -0.05) is 33.1 Å². The Morgan fingerprint density at radius 1 is 1.32 bits per heavy atom. The molecule has 0 amide bonds. The van der Waals surface area contributed by atoms with Gasteiger partial charge in [0.25, 0.3) is 0 Å². The summed E-state index contributed by atoms with van der Waals surface area (Å²) in [5.41, 5.74) is 2.51. The maximum absolute atomic E-state index is 12.7. The highest BCUT2D eigenvalue weighted by atomic mass is 16.1. The zero-order valence-electron chi connectivity index (χ0n) is 12.3. The van der Waals surface area contributed by atoms with E-state index in [1.807, 2.05) is 19.9 Å². The van der Waals surface area contributed by atoms with Crippen molar-refractivity contribution in [3.05, 3.63) is 23.0 Å². The molecule has 2 atom stereocenters. The van der Waals surface area contributed by atoms with Crippen molar-refractivity contribution < 1.29 is 4.79 Å². The van der Waals surface area contributed by atoms with E-state index >= 15 is 0 Å². The standard InChI is InChI=1S/C16H24N2O/c1-4-12-7-6-8-13(10-12)16(19)14-9-11(3)17-18-15(14)5-2/h9,12-13H,4-8,10H2,1-3H3. The Morgan fingerprint density at radius 3 is 2.79 bits per heavy atom. The van der Waals surface area contributed by atoms with Gasteiger partial charge in [-0.15, -0.1) is 0 Å². The minimum absolute atomic E-state index is 0.201. The molecular formula is C16H24N2O. The Balaban J connectivity index is 2.21. The van der Waals surface area contributed by atoms with Crippen LogP contribution in [0, 0.1) is 18.8 Å². The monoisotopic (exact) mass is 260 g/mol. The lowest BCUT2D eigenvalue weighted by Crippen LogP contribution is -2.24. The number of ketones is 1. The topological polar surface area (TPSA) is 42.9 Å². The molecular weight excluding hydrogens is 236 g/mol. The number of hydrogen-bond donors (Lipinski definition) is 0. The molecule has 0 saturated heterocycles. The van der Waals surface area contributed by atoms with Gasteiger partial charge in [0.15, 0.2) is 5.78 Å². The Kier molecular flexibility index (Phi) is 4.67. The zero-order chi connectivity index (χ0) is 13.8. The lowest BCUT2D eigenvalue weighted by atomic mass is 9.77. The van der Waals surface area contributed by atoms with E-state index in [9.17, 15) is 4.79 Å². The van der Waals surface area contributed by atoms with Crippen molar-refractivity contribution in [3.63, 3.8) is 0 Å². The number of aryl methyl sites for hydroxylation is 2. The van der Waals surface area contributed by atoms with Crippen LogP contribution in [-0.4, -0.2) is 16.0 Å². The van der Waals surface area contributed by atoms with E-state index in [1.165, 1.54) is 19.3 Å². The third-order valence-corrected chi connectivity index (χ3v) is 4.32. The lowest BCUT2D eigenvalue weighted by Gasteiger charge is -2.27. The fraction of sp³-hybridized carbons (Fsp3) is 0.688. The molecule has 1 aromatic heterocycles. The molecule has 1 heterocycles. The van der Waals surface area contributed by atoms with Crippen molar-refractivity contribution in [2.75, 3.05) is 0 Å². The van der Waals surface area contributed by atoms with Crippen molar-refractivity contribution in [2.45, 2.75) is 59.3 Å². The van der Waals surface area contributed by atoms with Gasteiger partial charge in [-0.05, 0) is 38.2 Å². The van der Waals surface area contributed by atoms with Crippen LogP contribution in [-0.2, 0) is 6.42 Å². The van der Waals surface area contributed by atoms with Crippen LogP contribution >= 0.6 is 0 Å². The number of rotatable bonds is 4. The molecule has 2 rings (SSSR count). The average Bonchev–Trinajstić information content (AvgIpc) is 2.46. The Hall–Kier alpha value is -1.25. The van der Waals surface area contributed by atoms with Gasteiger partial charge in [-0.2, -0.15) is 10.2 Å². The third-order valence-electron chi connectivity index (χ3n) is 4.32. The van der Waals surface area contributed by atoms with E-state index in [2.05, 4.69) is 17.1 Å². The van der Waals surface area contributed by atoms with Gasteiger partial charge in [0, 0.05) is 11.5 Å². The number of aromatic nitrogens is 2. The molecule has 1 aliphatic rings. The first kappa shape index (κ1) is 14.2. The van der Waals surface area contributed by atoms with Gasteiger partial charge in [0.2, 0.25) is 0 Å². The van der Waals surface area contributed by atoms with E-state index in [0.717, 1.165) is 42.1 Å². The molecule has 1 aromatic rings. The highest BCUT2D eigenvalue weighted by Crippen LogP contribution is 2.33. The first-order chi connectivity index (χ1) is 9.15. The van der Waals surface area contributed by atoms with Crippen LogP contribution in [0.1, 0.15) is 67.7 Å². The normalized spacial score (nSPS) is 23.3. The Labute approximate surface area is 115 Å². The number of Topliss-reactive ketones (excluding diaryl/α,β-unsaturated/α-hetero) is 1. The largest absolute Gasteiger partial charge is 0.294 e. The summed E-state index contributed by atoms with van der Waals surface area (Å²) >= 11 is 0. The average molecular weight is 260 g/mol. The van der Waals surface area contributed by atoms with Gasteiger partial charge in [-0.25, -0.2) is 0 Å². The second-order valence-corrected chi connectivity index (χ2v) is 5.70. The Bertz CT molecular complexity index is 456. The number of hydrogen-bond acceptors (Lipinski definition) is 3. The van der Waals surface area contributed by atoms with Crippen LogP contribution in [0.3, 0.4) is 0 Å². The molecule has 0 spiro atoms. The third kappa shape index (κ3) is 3.20. The maximum atomic E-state index is 12.7. The fourth-order valence-corrected chi connectivity index (χ4v) is 3.11. The summed E-state index contributed by atoms with van der Waals surface area (Å²) in [5, 5.41) is 8.25. The Morgan fingerprint density at radius 2 is 2.11 bits per heavy atom. The molecule has 1 fully saturated rings. The molecule has 1 saturated carbocycles. The van der Waals surface area contributed by atoms with Crippen molar-refractivity contribution in [2.24, 2.45) is 11.8 Å². The van der Waals surface area contributed by atoms with E-state index in [4.69, 9.17) is 0 Å². The van der Waals surface area contributed by atoms with E-state index in [1.54, 1.807) is 0 Å². The predicted octanol–water partition coefficient (Wildman–Crippen LogP) is 3.75. The molecule has 0 radical (unpaired) electrons. The molecule has 0 N–H and O–H groups in total. The van der Waals surface area contributed by atoms with Crippen LogP contribution in [0.25, 0.3) is 0 Å². The summed E-state index contributed by atoms with van der Waals surface area (Å²) in [5.74, 6) is 1.23. The fourth-order valence-electron chi connectivity index (χ4n) is 3.11. The van der Waals surface area contributed by atoms with Crippen LogP contribution in [0.5, 0.6) is 0 Å². The molecule has 19 heavy (non-hydrogen) atoms. The van der Waals surface area contributed by atoms with E-state index in [-0.39, 0.29) is 5.92 Å². The summed E-state index contributed by atoms with van der Waals surface area (Å²) in [4.78, 5) is 12.7. The van der Waals surface area contributed by atoms with Gasteiger partial charge in [-0.3, -0.25) is 4.79 Å². The summed E-state index contributed by atoms with van der Waals surface area (Å²) < 4.78 is 0. The van der Waals surface area contributed by atoms with Gasteiger partial charge < -0.3 is 0 Å². The number of carbonyl (C=O) groups excluding carboxylic acids is 1.